The van der Waals surface area contributed by atoms with Crippen LogP contribution < -0.4 is 0 Å². The molecule has 0 aliphatic heterocycles. The van der Waals surface area contributed by atoms with Gasteiger partial charge in [-0.1, -0.05) is 17.7 Å². The van der Waals surface area contributed by atoms with Crippen LogP contribution in [0.1, 0.15) is 28.4 Å². The molecule has 0 bridgehead atoms. The van der Waals surface area contributed by atoms with E-state index in [1.165, 1.54) is 13.0 Å². The third kappa shape index (κ3) is 4.03. The van der Waals surface area contributed by atoms with Crippen LogP contribution in [0.2, 0.25) is 5.02 Å². The fraction of sp³-hybridized carbons (Fsp3) is 0.250. The second kappa shape index (κ2) is 6.70. The van der Waals surface area contributed by atoms with Crippen LogP contribution >= 0.6 is 11.6 Å². The minimum absolute atomic E-state index is 0.00457. The van der Waals surface area contributed by atoms with Gasteiger partial charge in [0.25, 0.3) is 0 Å². The maximum Gasteiger partial charge on any atom is 0.163 e. The number of aromatic nitrogens is 1. The standard InChI is InChI=1S/C16H17ClN2O2/c1-11(20)15-7-14(17)6-13(16(15)21)10-19(2)9-12-4-3-5-18-8-12/h3-8,21H,9-10H2,1-2H3. The first-order valence-corrected chi connectivity index (χ1v) is 6.95. The Balaban J connectivity index is 2.17. The van der Waals surface area contributed by atoms with Crippen LogP contribution in [0.3, 0.4) is 0 Å². The number of Topliss-reactive ketones (excluding diaryl/α,β-unsaturated/α-hetero) is 1. The largest absolute Gasteiger partial charge is 0.507 e. The number of ketones is 1. The first kappa shape index (κ1) is 15.5. The summed E-state index contributed by atoms with van der Waals surface area (Å²) in [5.41, 5.74) is 1.97. The number of nitrogens with zero attached hydrogens (tertiary/aromatic N) is 2. The molecular formula is C16H17ClN2O2. The topological polar surface area (TPSA) is 53.4 Å². The highest BCUT2D eigenvalue weighted by Gasteiger charge is 2.14. The molecule has 0 fully saturated rings. The number of carbonyl (C=O) groups is 1. The molecule has 1 heterocycles. The van der Waals surface area contributed by atoms with E-state index in [9.17, 15) is 9.90 Å². The van der Waals surface area contributed by atoms with Gasteiger partial charge >= 0.3 is 0 Å². The predicted molar refractivity (Wildman–Crippen MR) is 82.5 cm³/mol. The van der Waals surface area contributed by atoms with E-state index in [0.29, 0.717) is 23.7 Å². The molecule has 21 heavy (non-hydrogen) atoms. The average Bonchev–Trinajstić information content (AvgIpc) is 2.43. The Bertz CT molecular complexity index is 644. The Morgan fingerprint density at radius 3 is 2.76 bits per heavy atom. The van der Waals surface area contributed by atoms with Crippen LogP contribution in [0, 0.1) is 0 Å². The van der Waals surface area contributed by atoms with Crippen LogP contribution in [0.15, 0.2) is 36.7 Å². The molecule has 0 atom stereocenters. The fourth-order valence-corrected chi connectivity index (χ4v) is 2.44. The van der Waals surface area contributed by atoms with Crippen molar-refractivity contribution in [3.63, 3.8) is 0 Å². The van der Waals surface area contributed by atoms with Crippen molar-refractivity contribution < 1.29 is 9.90 Å². The number of hydrogen-bond donors (Lipinski definition) is 1. The first-order valence-electron chi connectivity index (χ1n) is 6.57. The summed E-state index contributed by atoms with van der Waals surface area (Å²) < 4.78 is 0. The average molecular weight is 305 g/mol. The number of phenolic OH excluding ortho intramolecular Hbond substituents is 1. The van der Waals surface area contributed by atoms with Crippen molar-refractivity contribution in [1.82, 2.24) is 9.88 Å². The van der Waals surface area contributed by atoms with Crippen molar-refractivity contribution in [3.05, 3.63) is 58.4 Å². The van der Waals surface area contributed by atoms with E-state index in [4.69, 9.17) is 11.6 Å². The molecule has 2 rings (SSSR count). The Morgan fingerprint density at radius 1 is 1.38 bits per heavy atom. The normalized spacial score (nSPS) is 10.9. The van der Waals surface area contributed by atoms with E-state index in [1.807, 2.05) is 24.1 Å². The van der Waals surface area contributed by atoms with Gasteiger partial charge in [-0.15, -0.1) is 0 Å². The Labute approximate surface area is 129 Å². The molecule has 0 unspecified atom stereocenters. The summed E-state index contributed by atoms with van der Waals surface area (Å²) >= 11 is 6.02. The van der Waals surface area contributed by atoms with Gasteiger partial charge in [0.2, 0.25) is 0 Å². The van der Waals surface area contributed by atoms with Crippen molar-refractivity contribution in [2.24, 2.45) is 0 Å². The zero-order chi connectivity index (χ0) is 15.4. The lowest BCUT2D eigenvalue weighted by Gasteiger charge is -2.18. The highest BCUT2D eigenvalue weighted by atomic mass is 35.5. The molecule has 2 aromatic rings. The second-order valence-corrected chi connectivity index (χ2v) is 5.49. The highest BCUT2D eigenvalue weighted by Crippen LogP contribution is 2.28. The van der Waals surface area contributed by atoms with Gasteiger partial charge in [-0.3, -0.25) is 14.7 Å². The number of carbonyl (C=O) groups excluding carboxylic acids is 1. The molecule has 5 heteroatoms. The number of aromatic hydroxyl groups is 1. The minimum atomic E-state index is -0.203. The van der Waals surface area contributed by atoms with Gasteiger partial charge in [-0.05, 0) is 37.7 Å². The lowest BCUT2D eigenvalue weighted by Crippen LogP contribution is -2.17. The van der Waals surface area contributed by atoms with E-state index in [-0.39, 0.29) is 17.1 Å². The lowest BCUT2D eigenvalue weighted by molar-refractivity contribution is 0.101. The Kier molecular flexibility index (Phi) is 4.94. The van der Waals surface area contributed by atoms with Crippen LogP contribution in [-0.4, -0.2) is 27.8 Å². The zero-order valence-electron chi connectivity index (χ0n) is 12.0. The monoisotopic (exact) mass is 304 g/mol. The first-order chi connectivity index (χ1) is 9.97. The summed E-state index contributed by atoms with van der Waals surface area (Å²) in [6.07, 6.45) is 3.53. The molecule has 0 saturated carbocycles. The number of halogens is 1. The maximum atomic E-state index is 11.5. The predicted octanol–water partition coefficient (Wildman–Crippen LogP) is 3.28. The van der Waals surface area contributed by atoms with E-state index in [2.05, 4.69) is 4.98 Å². The zero-order valence-corrected chi connectivity index (χ0v) is 12.8. The van der Waals surface area contributed by atoms with Crippen molar-refractivity contribution in [2.45, 2.75) is 20.0 Å². The summed E-state index contributed by atoms with van der Waals surface area (Å²) in [6.45, 7) is 2.59. The molecule has 1 aromatic carbocycles. The van der Waals surface area contributed by atoms with Crippen LogP contribution in [0.4, 0.5) is 0 Å². The van der Waals surface area contributed by atoms with Crippen molar-refractivity contribution in [2.75, 3.05) is 7.05 Å². The summed E-state index contributed by atoms with van der Waals surface area (Å²) in [5.74, 6) is -0.198. The van der Waals surface area contributed by atoms with Crippen LogP contribution in [0.5, 0.6) is 5.75 Å². The molecule has 4 nitrogen and oxygen atoms in total. The summed E-state index contributed by atoms with van der Waals surface area (Å²) in [4.78, 5) is 17.6. The molecule has 0 radical (unpaired) electrons. The number of pyridine rings is 1. The van der Waals surface area contributed by atoms with Gasteiger partial charge in [0.15, 0.2) is 5.78 Å². The van der Waals surface area contributed by atoms with Gasteiger partial charge in [0.1, 0.15) is 5.75 Å². The molecule has 1 N–H and O–H groups in total. The summed E-state index contributed by atoms with van der Waals surface area (Å²) in [7, 11) is 1.93. The number of rotatable bonds is 5. The second-order valence-electron chi connectivity index (χ2n) is 5.05. The van der Waals surface area contributed by atoms with Crippen molar-refractivity contribution in [1.29, 1.82) is 0 Å². The van der Waals surface area contributed by atoms with E-state index < -0.39 is 0 Å². The highest BCUT2D eigenvalue weighted by molar-refractivity contribution is 6.31. The summed E-state index contributed by atoms with van der Waals surface area (Å²) in [6, 6.07) is 7.04. The molecule has 1 aromatic heterocycles. The minimum Gasteiger partial charge on any atom is -0.507 e. The van der Waals surface area contributed by atoms with Gasteiger partial charge < -0.3 is 5.11 Å². The quantitative estimate of drug-likeness (QED) is 0.861. The molecule has 0 aliphatic rings. The van der Waals surface area contributed by atoms with Gasteiger partial charge in [-0.25, -0.2) is 0 Å². The number of benzene rings is 1. The molecule has 0 saturated heterocycles. The third-order valence-corrected chi connectivity index (χ3v) is 3.37. The van der Waals surface area contributed by atoms with Crippen LogP contribution in [0.25, 0.3) is 0 Å². The molecular weight excluding hydrogens is 288 g/mol. The number of hydrogen-bond acceptors (Lipinski definition) is 4. The van der Waals surface area contributed by atoms with Crippen molar-refractivity contribution in [3.8, 4) is 5.75 Å². The smallest absolute Gasteiger partial charge is 0.163 e. The molecule has 0 amide bonds. The fourth-order valence-electron chi connectivity index (χ4n) is 2.19. The maximum absolute atomic E-state index is 11.5. The molecule has 110 valence electrons. The van der Waals surface area contributed by atoms with Crippen LogP contribution in [-0.2, 0) is 13.1 Å². The molecule has 0 spiro atoms. The Hall–Kier alpha value is -1.91. The Morgan fingerprint density at radius 2 is 2.14 bits per heavy atom. The van der Waals surface area contributed by atoms with E-state index >= 15 is 0 Å². The van der Waals surface area contributed by atoms with Gasteiger partial charge in [0.05, 0.1) is 5.56 Å². The number of phenols is 1. The summed E-state index contributed by atoms with van der Waals surface area (Å²) in [5, 5.41) is 10.6. The van der Waals surface area contributed by atoms with Gasteiger partial charge in [-0.2, -0.15) is 0 Å². The lowest BCUT2D eigenvalue weighted by atomic mass is 10.1. The van der Waals surface area contributed by atoms with Gasteiger partial charge in [0, 0.05) is 36.1 Å². The SMILES string of the molecule is CC(=O)c1cc(Cl)cc(CN(C)Cc2cccnc2)c1O. The van der Waals surface area contributed by atoms with E-state index in [1.54, 1.807) is 18.5 Å². The molecule has 0 aliphatic carbocycles. The van der Waals surface area contributed by atoms with E-state index in [0.717, 1.165) is 5.56 Å². The van der Waals surface area contributed by atoms with Crippen molar-refractivity contribution >= 4 is 17.4 Å². The third-order valence-electron chi connectivity index (χ3n) is 3.15.